The lowest BCUT2D eigenvalue weighted by atomic mass is 9.73. The van der Waals surface area contributed by atoms with Gasteiger partial charge in [0.2, 0.25) is 0 Å². The van der Waals surface area contributed by atoms with Crippen molar-refractivity contribution in [1.29, 1.82) is 0 Å². The van der Waals surface area contributed by atoms with Gasteiger partial charge in [0.25, 0.3) is 0 Å². The zero-order chi connectivity index (χ0) is 14.7. The molecule has 0 radical (unpaired) electrons. The Morgan fingerprint density at radius 2 is 1.86 bits per heavy atom. The number of benzene rings is 1. The molecular weight excluding hydrogens is 256 g/mol. The van der Waals surface area contributed by atoms with Crippen molar-refractivity contribution >= 4 is 0 Å². The first kappa shape index (κ1) is 15.1. The molecule has 21 heavy (non-hydrogen) atoms. The van der Waals surface area contributed by atoms with E-state index in [-0.39, 0.29) is 0 Å². The number of likely N-dealkylation sites (tertiary alicyclic amines) is 1. The Hall–Kier alpha value is -0.860. The summed E-state index contributed by atoms with van der Waals surface area (Å²) in [5.74, 6) is 0. The predicted molar refractivity (Wildman–Crippen MR) is 89.3 cm³/mol. The molecule has 2 nitrogen and oxygen atoms in total. The van der Waals surface area contributed by atoms with E-state index in [0.717, 1.165) is 13.1 Å². The van der Waals surface area contributed by atoms with Gasteiger partial charge in [0.1, 0.15) is 0 Å². The van der Waals surface area contributed by atoms with Crippen molar-refractivity contribution in [1.82, 2.24) is 10.2 Å². The lowest BCUT2D eigenvalue weighted by molar-refractivity contribution is 0.0634. The number of hydrogen-bond donors (Lipinski definition) is 1. The molecule has 1 N–H and O–H groups in total. The minimum atomic E-state index is 0.624. The summed E-state index contributed by atoms with van der Waals surface area (Å²) in [6, 6.07) is 9.67. The summed E-state index contributed by atoms with van der Waals surface area (Å²) in [5.41, 5.74) is 3.70. The quantitative estimate of drug-likeness (QED) is 0.899. The number of piperidine rings is 1. The van der Waals surface area contributed by atoms with Gasteiger partial charge >= 0.3 is 0 Å². The first-order chi connectivity index (χ1) is 10.3. The van der Waals surface area contributed by atoms with Gasteiger partial charge in [-0.3, -0.25) is 4.90 Å². The van der Waals surface area contributed by atoms with Gasteiger partial charge in [0.15, 0.2) is 0 Å². The molecule has 1 aromatic rings. The molecule has 1 fully saturated rings. The van der Waals surface area contributed by atoms with Crippen molar-refractivity contribution in [3.63, 3.8) is 0 Å². The topological polar surface area (TPSA) is 15.3 Å². The Balaban J connectivity index is 1.76. The average Bonchev–Trinajstić information content (AvgIpc) is 2.77. The minimum Gasteiger partial charge on any atom is -0.313 e. The van der Waals surface area contributed by atoms with Crippen molar-refractivity contribution in [2.45, 2.75) is 58.5 Å². The first-order valence-electron chi connectivity index (χ1n) is 8.80. The van der Waals surface area contributed by atoms with Crippen LogP contribution < -0.4 is 5.32 Å². The van der Waals surface area contributed by atoms with Crippen LogP contribution in [0, 0.1) is 5.41 Å². The van der Waals surface area contributed by atoms with E-state index < -0.39 is 0 Å². The normalized spacial score (nSPS) is 26.1. The Morgan fingerprint density at radius 1 is 1.14 bits per heavy atom. The van der Waals surface area contributed by atoms with Crippen LogP contribution >= 0.6 is 0 Å². The molecule has 2 heteroatoms. The lowest BCUT2D eigenvalue weighted by Crippen LogP contribution is -2.41. The second-order valence-electron chi connectivity index (χ2n) is 6.92. The summed E-state index contributed by atoms with van der Waals surface area (Å²) in [6.07, 6.45) is 6.71. The summed E-state index contributed by atoms with van der Waals surface area (Å²) in [7, 11) is 0. The van der Waals surface area contributed by atoms with Gasteiger partial charge < -0.3 is 5.32 Å². The minimum absolute atomic E-state index is 0.624. The summed E-state index contributed by atoms with van der Waals surface area (Å²) < 4.78 is 0. The highest BCUT2D eigenvalue weighted by Gasteiger charge is 2.34. The van der Waals surface area contributed by atoms with Crippen LogP contribution in [0.1, 0.15) is 63.1 Å². The zero-order valence-corrected chi connectivity index (χ0v) is 13.7. The highest BCUT2D eigenvalue weighted by molar-refractivity contribution is 5.31. The van der Waals surface area contributed by atoms with Crippen LogP contribution in [0.25, 0.3) is 0 Å². The third-order valence-corrected chi connectivity index (χ3v) is 6.12. The van der Waals surface area contributed by atoms with Crippen LogP contribution in [0.4, 0.5) is 0 Å². The van der Waals surface area contributed by atoms with Gasteiger partial charge in [-0.2, -0.15) is 0 Å². The van der Waals surface area contributed by atoms with Crippen LogP contribution in [0.3, 0.4) is 0 Å². The molecule has 0 amide bonds. The highest BCUT2D eigenvalue weighted by Crippen LogP contribution is 2.41. The number of hydrogen-bond acceptors (Lipinski definition) is 2. The number of rotatable bonds is 3. The first-order valence-corrected chi connectivity index (χ1v) is 8.80. The van der Waals surface area contributed by atoms with E-state index in [4.69, 9.17) is 0 Å². The molecule has 0 aliphatic carbocycles. The second kappa shape index (κ2) is 6.50. The van der Waals surface area contributed by atoms with Crippen LogP contribution in [-0.4, -0.2) is 24.5 Å². The molecule has 1 unspecified atom stereocenters. The second-order valence-corrected chi connectivity index (χ2v) is 6.92. The molecule has 2 aliphatic rings. The van der Waals surface area contributed by atoms with Crippen molar-refractivity contribution in [3.8, 4) is 0 Å². The van der Waals surface area contributed by atoms with Crippen LogP contribution in [0.2, 0.25) is 0 Å². The Kier molecular flexibility index (Phi) is 4.66. The molecule has 3 rings (SSSR count). The number of nitrogens with zero attached hydrogens (tertiary/aromatic N) is 1. The van der Waals surface area contributed by atoms with Crippen molar-refractivity contribution in [3.05, 3.63) is 35.4 Å². The van der Waals surface area contributed by atoms with E-state index in [0.29, 0.717) is 11.5 Å². The maximum Gasteiger partial charge on any atom is 0.0363 e. The van der Waals surface area contributed by atoms with E-state index in [2.05, 4.69) is 48.3 Å². The van der Waals surface area contributed by atoms with Gasteiger partial charge in [-0.1, -0.05) is 51.0 Å². The summed E-state index contributed by atoms with van der Waals surface area (Å²) in [4.78, 5) is 2.76. The molecule has 2 heterocycles. The Morgan fingerprint density at radius 3 is 2.57 bits per heavy atom. The summed E-state index contributed by atoms with van der Waals surface area (Å²) >= 11 is 0. The molecule has 2 aliphatic heterocycles. The molecule has 0 saturated carbocycles. The fourth-order valence-electron chi connectivity index (χ4n) is 4.28. The lowest BCUT2D eigenvalue weighted by Gasteiger charge is -2.44. The third kappa shape index (κ3) is 3.02. The van der Waals surface area contributed by atoms with Crippen LogP contribution in [-0.2, 0) is 6.54 Å². The SMILES string of the molecule is CCC1(CC)CCN(C2CCNCc3ccccc32)CC1. The van der Waals surface area contributed by atoms with E-state index >= 15 is 0 Å². The molecule has 0 aromatic heterocycles. The third-order valence-electron chi connectivity index (χ3n) is 6.12. The van der Waals surface area contributed by atoms with Gasteiger partial charge in [-0.05, 0) is 55.4 Å². The van der Waals surface area contributed by atoms with Crippen molar-refractivity contribution < 1.29 is 0 Å². The van der Waals surface area contributed by atoms with Crippen LogP contribution in [0.5, 0.6) is 0 Å². The summed E-state index contributed by atoms with van der Waals surface area (Å²) in [5, 5.41) is 3.58. The van der Waals surface area contributed by atoms with Crippen molar-refractivity contribution in [2.75, 3.05) is 19.6 Å². The maximum absolute atomic E-state index is 3.58. The number of fused-ring (bicyclic) bond motifs is 1. The van der Waals surface area contributed by atoms with Gasteiger partial charge in [-0.25, -0.2) is 0 Å². The Bertz CT molecular complexity index is 454. The monoisotopic (exact) mass is 286 g/mol. The molecule has 0 bridgehead atoms. The zero-order valence-electron chi connectivity index (χ0n) is 13.7. The van der Waals surface area contributed by atoms with Gasteiger partial charge in [0, 0.05) is 12.6 Å². The molecule has 1 atom stereocenters. The molecule has 0 spiro atoms. The summed E-state index contributed by atoms with van der Waals surface area (Å²) in [6.45, 7) is 9.49. The largest absolute Gasteiger partial charge is 0.313 e. The fourth-order valence-corrected chi connectivity index (χ4v) is 4.28. The number of nitrogens with one attached hydrogen (secondary N) is 1. The molecule has 1 aromatic carbocycles. The Labute approximate surface area is 129 Å². The van der Waals surface area contributed by atoms with Crippen LogP contribution in [0.15, 0.2) is 24.3 Å². The maximum atomic E-state index is 3.58. The fraction of sp³-hybridized carbons (Fsp3) is 0.684. The van der Waals surface area contributed by atoms with E-state index in [9.17, 15) is 0 Å². The average molecular weight is 286 g/mol. The molecular formula is C19H30N2. The van der Waals surface area contributed by atoms with Gasteiger partial charge in [0.05, 0.1) is 0 Å². The van der Waals surface area contributed by atoms with Gasteiger partial charge in [-0.15, -0.1) is 0 Å². The molecule has 116 valence electrons. The molecule has 1 saturated heterocycles. The predicted octanol–water partition coefficient (Wildman–Crippen LogP) is 4.12. The standard InChI is InChI=1S/C19H30N2/c1-3-19(4-2)10-13-21(14-11-19)18-9-12-20-15-16-7-5-6-8-17(16)18/h5-8,18,20H,3-4,9-15H2,1-2H3. The van der Waals surface area contributed by atoms with E-state index in [1.165, 1.54) is 50.8 Å². The van der Waals surface area contributed by atoms with Crippen molar-refractivity contribution in [2.24, 2.45) is 5.41 Å². The van der Waals surface area contributed by atoms with E-state index in [1.54, 1.807) is 5.56 Å². The van der Waals surface area contributed by atoms with E-state index in [1.807, 2.05) is 0 Å². The highest BCUT2D eigenvalue weighted by atomic mass is 15.2. The smallest absolute Gasteiger partial charge is 0.0363 e.